The first-order valence-corrected chi connectivity index (χ1v) is 6.50. The molecule has 2 aliphatic rings. The Balaban J connectivity index is 1.83. The van der Waals surface area contributed by atoms with Gasteiger partial charge in [-0.05, 0) is 59.8 Å². The van der Waals surface area contributed by atoms with Crippen molar-refractivity contribution in [2.75, 3.05) is 0 Å². The van der Waals surface area contributed by atoms with Gasteiger partial charge in [0.05, 0.1) is 11.7 Å². The standard InChI is InChI=1S/C15H24O/c1-11-5-8-13(9-6-11)12(2)7-10-14-15(3,4)16-14/h5,14H,6-10H2,1-4H3/b13-12-. The molecular formula is C15H24O. The fourth-order valence-electron chi connectivity index (χ4n) is 2.50. The normalized spacial score (nSPS) is 31.0. The monoisotopic (exact) mass is 220 g/mol. The van der Waals surface area contributed by atoms with E-state index in [9.17, 15) is 0 Å². The first kappa shape index (κ1) is 11.9. The van der Waals surface area contributed by atoms with Gasteiger partial charge in [0, 0.05) is 0 Å². The second-order valence-corrected chi connectivity index (χ2v) is 5.89. The highest BCUT2D eigenvalue weighted by atomic mass is 16.6. The number of hydrogen-bond donors (Lipinski definition) is 0. The lowest BCUT2D eigenvalue weighted by Gasteiger charge is -2.16. The zero-order chi connectivity index (χ0) is 11.8. The molecule has 0 amide bonds. The second-order valence-electron chi connectivity index (χ2n) is 5.89. The highest BCUT2D eigenvalue weighted by Crippen LogP contribution is 2.39. The summed E-state index contributed by atoms with van der Waals surface area (Å²) in [6, 6.07) is 0. The summed E-state index contributed by atoms with van der Waals surface area (Å²) < 4.78 is 5.62. The number of hydrogen-bond acceptors (Lipinski definition) is 1. The van der Waals surface area contributed by atoms with Gasteiger partial charge in [0.15, 0.2) is 0 Å². The molecule has 0 spiro atoms. The van der Waals surface area contributed by atoms with Crippen molar-refractivity contribution in [2.24, 2.45) is 0 Å². The molecule has 1 saturated heterocycles. The lowest BCUT2D eigenvalue weighted by molar-refractivity contribution is 0.320. The molecule has 0 radical (unpaired) electrons. The van der Waals surface area contributed by atoms with Crippen molar-refractivity contribution in [3.8, 4) is 0 Å². The van der Waals surface area contributed by atoms with Crippen LogP contribution >= 0.6 is 0 Å². The summed E-state index contributed by atoms with van der Waals surface area (Å²) in [5.74, 6) is 0. The van der Waals surface area contributed by atoms with Crippen molar-refractivity contribution >= 4 is 0 Å². The quantitative estimate of drug-likeness (QED) is 0.507. The third-order valence-corrected chi connectivity index (χ3v) is 4.07. The van der Waals surface area contributed by atoms with Crippen molar-refractivity contribution in [1.82, 2.24) is 0 Å². The van der Waals surface area contributed by atoms with Crippen LogP contribution in [0.5, 0.6) is 0 Å². The lowest BCUT2D eigenvalue weighted by atomic mass is 9.90. The van der Waals surface area contributed by atoms with E-state index in [2.05, 4.69) is 33.8 Å². The Morgan fingerprint density at radius 3 is 2.62 bits per heavy atom. The summed E-state index contributed by atoms with van der Waals surface area (Å²) >= 11 is 0. The van der Waals surface area contributed by atoms with Crippen molar-refractivity contribution in [3.05, 3.63) is 22.8 Å². The van der Waals surface area contributed by atoms with Gasteiger partial charge in [-0.3, -0.25) is 0 Å². The highest BCUT2D eigenvalue weighted by Gasteiger charge is 2.46. The van der Waals surface area contributed by atoms with Crippen molar-refractivity contribution < 1.29 is 4.74 Å². The molecule has 1 atom stereocenters. The van der Waals surface area contributed by atoms with Gasteiger partial charge in [0.25, 0.3) is 0 Å². The van der Waals surface area contributed by atoms with Crippen LogP contribution < -0.4 is 0 Å². The minimum absolute atomic E-state index is 0.161. The molecule has 1 heterocycles. The van der Waals surface area contributed by atoms with E-state index in [1.165, 1.54) is 32.1 Å². The molecule has 1 heteroatoms. The van der Waals surface area contributed by atoms with Gasteiger partial charge in [-0.1, -0.05) is 22.8 Å². The van der Waals surface area contributed by atoms with E-state index in [-0.39, 0.29) is 5.60 Å². The number of ether oxygens (including phenoxy) is 1. The molecular weight excluding hydrogens is 196 g/mol. The van der Waals surface area contributed by atoms with Gasteiger partial charge in [-0.2, -0.15) is 0 Å². The molecule has 1 aliphatic heterocycles. The zero-order valence-corrected chi connectivity index (χ0v) is 11.1. The maximum absolute atomic E-state index is 5.62. The van der Waals surface area contributed by atoms with Crippen molar-refractivity contribution in [2.45, 2.75) is 71.5 Å². The second kappa shape index (κ2) is 4.37. The molecule has 1 unspecified atom stereocenters. The van der Waals surface area contributed by atoms with Crippen molar-refractivity contribution in [3.63, 3.8) is 0 Å². The molecule has 0 aromatic carbocycles. The Bertz CT molecular complexity index is 333. The van der Waals surface area contributed by atoms with E-state index in [0.717, 1.165) is 0 Å². The SMILES string of the molecule is CC1=CC/C(=C(\C)CCC2OC2(C)C)CC1. The molecule has 0 aromatic rings. The van der Waals surface area contributed by atoms with Crippen LogP contribution in [0.2, 0.25) is 0 Å². The van der Waals surface area contributed by atoms with Crippen LogP contribution in [0.25, 0.3) is 0 Å². The van der Waals surface area contributed by atoms with E-state index in [1.54, 1.807) is 16.7 Å². The number of epoxide rings is 1. The predicted molar refractivity (Wildman–Crippen MR) is 68.5 cm³/mol. The maximum atomic E-state index is 5.62. The van der Waals surface area contributed by atoms with Crippen molar-refractivity contribution in [1.29, 1.82) is 0 Å². The van der Waals surface area contributed by atoms with Crippen LogP contribution in [0.3, 0.4) is 0 Å². The van der Waals surface area contributed by atoms with Gasteiger partial charge >= 0.3 is 0 Å². The van der Waals surface area contributed by atoms with E-state index in [4.69, 9.17) is 4.74 Å². The molecule has 2 rings (SSSR count). The van der Waals surface area contributed by atoms with Crippen LogP contribution in [0.15, 0.2) is 22.8 Å². The minimum atomic E-state index is 0.161. The summed E-state index contributed by atoms with van der Waals surface area (Å²) in [4.78, 5) is 0. The van der Waals surface area contributed by atoms with Gasteiger partial charge in [0.1, 0.15) is 0 Å². The van der Waals surface area contributed by atoms with E-state index in [1.807, 2.05) is 0 Å². The van der Waals surface area contributed by atoms with Gasteiger partial charge in [-0.25, -0.2) is 0 Å². The van der Waals surface area contributed by atoms with E-state index in [0.29, 0.717) is 6.10 Å². The smallest absolute Gasteiger partial charge is 0.0892 e. The summed E-state index contributed by atoms with van der Waals surface area (Å²) in [6.07, 6.45) is 9.04. The average molecular weight is 220 g/mol. The van der Waals surface area contributed by atoms with Gasteiger partial charge < -0.3 is 4.74 Å². The van der Waals surface area contributed by atoms with Gasteiger partial charge in [0.2, 0.25) is 0 Å². The Kier molecular flexibility index (Phi) is 3.25. The number of allylic oxidation sites excluding steroid dienone is 4. The van der Waals surface area contributed by atoms with Gasteiger partial charge in [-0.15, -0.1) is 0 Å². The summed E-state index contributed by atoms with van der Waals surface area (Å²) in [6.45, 7) is 8.92. The topological polar surface area (TPSA) is 12.5 Å². The Morgan fingerprint density at radius 2 is 2.12 bits per heavy atom. The Hall–Kier alpha value is -0.560. The Labute approximate surface area is 99.6 Å². The molecule has 0 bridgehead atoms. The molecule has 90 valence electrons. The first-order chi connectivity index (χ1) is 7.49. The largest absolute Gasteiger partial charge is 0.367 e. The first-order valence-electron chi connectivity index (χ1n) is 6.50. The van der Waals surface area contributed by atoms with Crippen LogP contribution in [0.4, 0.5) is 0 Å². The summed E-state index contributed by atoms with van der Waals surface area (Å²) in [7, 11) is 0. The Morgan fingerprint density at radius 1 is 1.44 bits per heavy atom. The fraction of sp³-hybridized carbons (Fsp3) is 0.733. The third kappa shape index (κ3) is 2.76. The molecule has 0 saturated carbocycles. The minimum Gasteiger partial charge on any atom is -0.367 e. The highest BCUT2D eigenvalue weighted by molar-refractivity contribution is 5.22. The third-order valence-electron chi connectivity index (χ3n) is 4.07. The number of rotatable bonds is 3. The van der Waals surface area contributed by atoms with Crippen LogP contribution in [0.1, 0.15) is 59.8 Å². The average Bonchev–Trinajstić information content (AvgIpc) is 2.84. The molecule has 1 nitrogen and oxygen atoms in total. The summed E-state index contributed by atoms with van der Waals surface area (Å²) in [5, 5.41) is 0. The van der Waals surface area contributed by atoms with E-state index >= 15 is 0 Å². The molecule has 1 aliphatic carbocycles. The fourth-order valence-corrected chi connectivity index (χ4v) is 2.50. The van der Waals surface area contributed by atoms with E-state index < -0.39 is 0 Å². The zero-order valence-electron chi connectivity index (χ0n) is 11.1. The molecule has 0 N–H and O–H groups in total. The lowest BCUT2D eigenvalue weighted by Crippen LogP contribution is -2.03. The molecule has 0 aromatic heterocycles. The predicted octanol–water partition coefficient (Wildman–Crippen LogP) is 4.39. The summed E-state index contributed by atoms with van der Waals surface area (Å²) in [5.41, 5.74) is 5.00. The maximum Gasteiger partial charge on any atom is 0.0892 e. The molecule has 1 fully saturated rings. The van der Waals surface area contributed by atoms with Crippen LogP contribution in [-0.4, -0.2) is 11.7 Å². The molecule has 16 heavy (non-hydrogen) atoms. The van der Waals surface area contributed by atoms with Crippen LogP contribution in [-0.2, 0) is 4.74 Å². The van der Waals surface area contributed by atoms with Crippen LogP contribution in [0, 0.1) is 0 Å².